The van der Waals surface area contributed by atoms with Crippen LogP contribution in [0.3, 0.4) is 0 Å². The molecule has 0 N–H and O–H groups in total. The smallest absolute Gasteiger partial charge is 0.226 e. The minimum absolute atomic E-state index is 0.679. The average Bonchev–Trinajstić information content (AvgIpc) is 3.04. The fraction of sp³-hybridized carbons (Fsp3) is 0.381. The van der Waals surface area contributed by atoms with Crippen molar-refractivity contribution in [3.8, 4) is 11.5 Å². The van der Waals surface area contributed by atoms with Crippen molar-refractivity contribution in [2.45, 2.75) is 39.0 Å². The number of allylic oxidation sites excluding steroid dienone is 3. The van der Waals surface area contributed by atoms with E-state index in [9.17, 15) is 0 Å². The molecule has 1 aliphatic carbocycles. The van der Waals surface area contributed by atoms with Crippen molar-refractivity contribution in [2.24, 2.45) is 0 Å². The monoisotopic (exact) mass is 323 g/mol. The van der Waals surface area contributed by atoms with Crippen molar-refractivity contribution >= 4 is 0 Å². The van der Waals surface area contributed by atoms with Gasteiger partial charge < -0.3 is 9.15 Å². The molecule has 0 atom stereocenters. The highest BCUT2D eigenvalue weighted by Gasteiger charge is 2.14. The second-order valence-corrected chi connectivity index (χ2v) is 6.10. The molecule has 0 unspecified atom stereocenters. The van der Waals surface area contributed by atoms with Crippen LogP contribution in [0.15, 0.2) is 58.6 Å². The molecular formula is C21H25NO2. The molecule has 0 aliphatic heterocycles. The van der Waals surface area contributed by atoms with Gasteiger partial charge in [-0.25, -0.2) is 4.98 Å². The molecule has 0 radical (unpaired) electrons. The van der Waals surface area contributed by atoms with Crippen LogP contribution in [0.4, 0.5) is 0 Å². The number of oxazole rings is 1. The highest BCUT2D eigenvalue weighted by Crippen LogP contribution is 2.23. The van der Waals surface area contributed by atoms with Crippen molar-refractivity contribution < 1.29 is 9.15 Å². The molecule has 0 saturated carbocycles. The van der Waals surface area contributed by atoms with Gasteiger partial charge in [0.1, 0.15) is 5.76 Å². The summed E-state index contributed by atoms with van der Waals surface area (Å²) in [6.07, 6.45) is 11.5. The lowest BCUT2D eigenvalue weighted by molar-refractivity contribution is 0.156. The first-order valence-electron chi connectivity index (χ1n) is 8.83. The quantitative estimate of drug-likeness (QED) is 0.632. The third-order valence-electron chi connectivity index (χ3n) is 4.15. The SMILES string of the molecule is CCCc1oc(-c2ccccc2)nc1CCOCC1=CC=CCC1. The summed E-state index contributed by atoms with van der Waals surface area (Å²) in [5.74, 6) is 1.72. The Morgan fingerprint density at radius 3 is 2.79 bits per heavy atom. The van der Waals surface area contributed by atoms with Crippen LogP contribution in [-0.2, 0) is 17.6 Å². The van der Waals surface area contributed by atoms with E-state index < -0.39 is 0 Å². The van der Waals surface area contributed by atoms with Crippen molar-refractivity contribution in [3.05, 3.63) is 65.6 Å². The van der Waals surface area contributed by atoms with E-state index >= 15 is 0 Å². The van der Waals surface area contributed by atoms with E-state index in [4.69, 9.17) is 14.1 Å². The second kappa shape index (κ2) is 8.65. The van der Waals surface area contributed by atoms with Crippen LogP contribution >= 0.6 is 0 Å². The molecule has 2 aromatic rings. The fourth-order valence-electron chi connectivity index (χ4n) is 2.85. The molecule has 3 rings (SSSR count). The van der Waals surface area contributed by atoms with Crippen molar-refractivity contribution in [3.63, 3.8) is 0 Å². The van der Waals surface area contributed by atoms with Crippen molar-refractivity contribution in [1.82, 2.24) is 4.98 Å². The van der Waals surface area contributed by atoms with Gasteiger partial charge in [-0.1, -0.05) is 43.4 Å². The molecule has 0 amide bonds. The van der Waals surface area contributed by atoms with Gasteiger partial charge in [-0.3, -0.25) is 0 Å². The van der Waals surface area contributed by atoms with Crippen LogP contribution in [0.25, 0.3) is 11.5 Å². The maximum absolute atomic E-state index is 6.00. The summed E-state index contributed by atoms with van der Waals surface area (Å²) in [7, 11) is 0. The standard InChI is InChI=1S/C21H25NO2/c1-2-9-20-19(14-15-23-16-17-10-5-3-6-11-17)22-21(24-20)18-12-7-4-8-13-18/h3-5,7-8,10,12-13H,2,6,9,11,14-16H2,1H3. The van der Waals surface area contributed by atoms with Gasteiger partial charge in [0.25, 0.3) is 0 Å². The molecular weight excluding hydrogens is 298 g/mol. The van der Waals surface area contributed by atoms with Crippen LogP contribution in [-0.4, -0.2) is 18.2 Å². The number of rotatable bonds is 8. The Kier molecular flexibility index (Phi) is 6.02. The topological polar surface area (TPSA) is 35.3 Å². The minimum atomic E-state index is 0.679. The van der Waals surface area contributed by atoms with E-state index in [0.29, 0.717) is 12.5 Å². The summed E-state index contributed by atoms with van der Waals surface area (Å²) in [6, 6.07) is 10.1. The fourth-order valence-corrected chi connectivity index (χ4v) is 2.85. The molecule has 0 fully saturated rings. The van der Waals surface area contributed by atoms with Crippen molar-refractivity contribution in [1.29, 1.82) is 0 Å². The summed E-state index contributed by atoms with van der Waals surface area (Å²) >= 11 is 0. The lowest BCUT2D eigenvalue weighted by Crippen LogP contribution is -2.05. The molecule has 0 bridgehead atoms. The lowest BCUT2D eigenvalue weighted by atomic mass is 10.1. The van der Waals surface area contributed by atoms with E-state index in [-0.39, 0.29) is 0 Å². The Bertz CT molecular complexity index is 698. The van der Waals surface area contributed by atoms with E-state index in [0.717, 1.165) is 55.7 Å². The van der Waals surface area contributed by atoms with Crippen LogP contribution in [0.5, 0.6) is 0 Å². The van der Waals surface area contributed by atoms with Crippen LogP contribution < -0.4 is 0 Å². The first-order chi connectivity index (χ1) is 11.9. The number of aromatic nitrogens is 1. The Labute approximate surface area is 144 Å². The van der Waals surface area contributed by atoms with Gasteiger partial charge in [-0.2, -0.15) is 0 Å². The normalized spacial score (nSPS) is 14.0. The lowest BCUT2D eigenvalue weighted by Gasteiger charge is -2.09. The van der Waals surface area contributed by atoms with E-state index in [1.807, 2.05) is 30.3 Å². The molecule has 1 heterocycles. The van der Waals surface area contributed by atoms with Gasteiger partial charge in [0.15, 0.2) is 0 Å². The third kappa shape index (κ3) is 4.45. The first kappa shape index (κ1) is 16.7. The number of ether oxygens (including phenoxy) is 1. The number of aryl methyl sites for hydroxylation is 1. The molecule has 3 heteroatoms. The molecule has 126 valence electrons. The van der Waals surface area contributed by atoms with Gasteiger partial charge in [-0.15, -0.1) is 0 Å². The third-order valence-corrected chi connectivity index (χ3v) is 4.15. The number of hydrogen-bond donors (Lipinski definition) is 0. The predicted molar refractivity (Wildman–Crippen MR) is 96.9 cm³/mol. The highest BCUT2D eigenvalue weighted by atomic mass is 16.5. The summed E-state index contributed by atoms with van der Waals surface area (Å²) in [6.45, 7) is 3.56. The summed E-state index contributed by atoms with van der Waals surface area (Å²) in [4.78, 5) is 4.71. The zero-order valence-electron chi connectivity index (χ0n) is 14.3. The number of nitrogens with zero attached hydrogens (tertiary/aromatic N) is 1. The molecule has 1 aromatic carbocycles. The maximum Gasteiger partial charge on any atom is 0.226 e. The molecule has 1 aliphatic rings. The highest BCUT2D eigenvalue weighted by molar-refractivity contribution is 5.53. The Balaban J connectivity index is 1.60. The molecule has 24 heavy (non-hydrogen) atoms. The van der Waals surface area contributed by atoms with Gasteiger partial charge in [0.2, 0.25) is 5.89 Å². The van der Waals surface area contributed by atoms with Gasteiger partial charge in [0, 0.05) is 18.4 Å². The van der Waals surface area contributed by atoms with Gasteiger partial charge in [-0.05, 0) is 37.0 Å². The average molecular weight is 323 g/mol. The molecule has 3 nitrogen and oxygen atoms in total. The summed E-state index contributed by atoms with van der Waals surface area (Å²) in [5, 5.41) is 0. The number of hydrogen-bond acceptors (Lipinski definition) is 3. The van der Waals surface area contributed by atoms with Gasteiger partial charge >= 0.3 is 0 Å². The van der Waals surface area contributed by atoms with E-state index in [1.54, 1.807) is 0 Å². The minimum Gasteiger partial charge on any atom is -0.441 e. The summed E-state index contributed by atoms with van der Waals surface area (Å²) < 4.78 is 11.8. The second-order valence-electron chi connectivity index (χ2n) is 6.10. The van der Waals surface area contributed by atoms with E-state index in [2.05, 4.69) is 25.2 Å². The van der Waals surface area contributed by atoms with Crippen molar-refractivity contribution in [2.75, 3.05) is 13.2 Å². The van der Waals surface area contributed by atoms with Crippen LogP contribution in [0.1, 0.15) is 37.6 Å². The summed E-state index contributed by atoms with van der Waals surface area (Å²) in [5.41, 5.74) is 3.44. The zero-order valence-corrected chi connectivity index (χ0v) is 14.3. The predicted octanol–water partition coefficient (Wildman–Crippen LogP) is 5.13. The first-order valence-corrected chi connectivity index (χ1v) is 8.83. The Hall–Kier alpha value is -2.13. The van der Waals surface area contributed by atoms with Crippen LogP contribution in [0.2, 0.25) is 0 Å². The van der Waals surface area contributed by atoms with Gasteiger partial charge in [0.05, 0.1) is 18.9 Å². The molecule has 0 saturated heterocycles. The largest absolute Gasteiger partial charge is 0.441 e. The zero-order chi connectivity index (χ0) is 16.6. The number of benzene rings is 1. The van der Waals surface area contributed by atoms with E-state index in [1.165, 1.54) is 5.57 Å². The maximum atomic E-state index is 6.00. The molecule has 0 spiro atoms. The Morgan fingerprint density at radius 1 is 1.17 bits per heavy atom. The Morgan fingerprint density at radius 2 is 2.04 bits per heavy atom. The molecule has 1 aromatic heterocycles. The van der Waals surface area contributed by atoms with Crippen LogP contribution in [0, 0.1) is 0 Å².